The summed E-state index contributed by atoms with van der Waals surface area (Å²) in [5, 5.41) is 16.1. The Morgan fingerprint density at radius 2 is 1.04 bits per heavy atom. The van der Waals surface area contributed by atoms with E-state index in [0.717, 1.165) is 21.9 Å². The van der Waals surface area contributed by atoms with Crippen LogP contribution >= 0.6 is 22.7 Å². The van der Waals surface area contributed by atoms with Crippen LogP contribution in [-0.2, 0) is 0 Å². The number of hydrogen-bond acceptors (Lipinski definition) is 3. The lowest BCUT2D eigenvalue weighted by Gasteiger charge is -2.19. The molecule has 0 unspecified atom stereocenters. The van der Waals surface area contributed by atoms with E-state index in [2.05, 4.69) is 139 Å². The molecule has 0 N–H and O–H groups in total. The van der Waals surface area contributed by atoms with E-state index in [0.29, 0.717) is 0 Å². The molecule has 0 amide bonds. The predicted molar refractivity (Wildman–Crippen MR) is 205 cm³/mol. The van der Waals surface area contributed by atoms with Crippen LogP contribution in [0.25, 0.3) is 107 Å². The summed E-state index contributed by atoms with van der Waals surface area (Å²) in [6, 6.07) is 51.3. The maximum atomic E-state index is 6.29. The van der Waals surface area contributed by atoms with E-state index in [-0.39, 0.29) is 0 Å². The first-order chi connectivity index (χ1) is 23.3. The summed E-state index contributed by atoms with van der Waals surface area (Å²) in [6.07, 6.45) is 0. The van der Waals surface area contributed by atoms with Gasteiger partial charge in [0.1, 0.15) is 11.2 Å². The summed E-state index contributed by atoms with van der Waals surface area (Å²) in [7, 11) is 0. The Hall–Kier alpha value is -5.48. The normalized spacial score (nSPS) is 12.3. The van der Waals surface area contributed by atoms with Crippen molar-refractivity contribution in [1.82, 2.24) is 0 Å². The van der Waals surface area contributed by atoms with Gasteiger partial charge in [-0.3, -0.25) is 0 Å². The zero-order valence-electron chi connectivity index (χ0n) is 25.1. The lowest BCUT2D eigenvalue weighted by Crippen LogP contribution is -1.92. The van der Waals surface area contributed by atoms with Crippen LogP contribution in [0.5, 0.6) is 0 Å². The van der Waals surface area contributed by atoms with Gasteiger partial charge in [-0.05, 0) is 90.8 Å². The minimum atomic E-state index is 0.926. The summed E-state index contributed by atoms with van der Waals surface area (Å²) >= 11 is 3.75. The average molecular weight is 633 g/mol. The molecule has 0 aliphatic rings. The fourth-order valence-corrected chi connectivity index (χ4v) is 10.0. The van der Waals surface area contributed by atoms with E-state index >= 15 is 0 Å². The Morgan fingerprint density at radius 1 is 0.404 bits per heavy atom. The standard InChI is InChI=1S/C44H24OS2/c1-3-14-29-27(12-1)41(31-17-9-10-25-22-38-35(23-34(25)31)26-11-5-7-18-37(26)45-38)28-13-2-4-15-30(28)42(29)36-24-40-33(20-21-46-40)43-32-16-6-8-19-39(32)47-44(36)43/h1-24H. The second-order valence-electron chi connectivity index (χ2n) is 12.4. The van der Waals surface area contributed by atoms with Crippen molar-refractivity contribution in [2.75, 3.05) is 0 Å². The van der Waals surface area contributed by atoms with Gasteiger partial charge in [-0.2, -0.15) is 0 Å². The Labute approximate surface area is 277 Å². The largest absolute Gasteiger partial charge is 0.456 e. The van der Waals surface area contributed by atoms with Gasteiger partial charge in [-0.1, -0.05) is 103 Å². The lowest BCUT2D eigenvalue weighted by atomic mass is 9.84. The minimum absolute atomic E-state index is 0.926. The fraction of sp³-hybridized carbons (Fsp3) is 0. The topological polar surface area (TPSA) is 13.1 Å². The molecule has 0 fully saturated rings. The maximum Gasteiger partial charge on any atom is 0.136 e. The highest BCUT2D eigenvalue weighted by atomic mass is 32.1. The number of hydrogen-bond donors (Lipinski definition) is 0. The van der Waals surface area contributed by atoms with Gasteiger partial charge in [0, 0.05) is 46.6 Å². The third kappa shape index (κ3) is 3.53. The molecule has 11 aromatic rings. The first-order valence-corrected chi connectivity index (χ1v) is 17.6. The van der Waals surface area contributed by atoms with Crippen LogP contribution in [0.2, 0.25) is 0 Å². The highest BCUT2D eigenvalue weighted by molar-refractivity contribution is 7.27. The van der Waals surface area contributed by atoms with Crippen LogP contribution < -0.4 is 0 Å². The highest BCUT2D eigenvalue weighted by Gasteiger charge is 2.22. The second kappa shape index (κ2) is 9.52. The second-order valence-corrected chi connectivity index (χ2v) is 14.4. The smallest absolute Gasteiger partial charge is 0.136 e. The van der Waals surface area contributed by atoms with Crippen molar-refractivity contribution in [3.8, 4) is 22.3 Å². The van der Waals surface area contributed by atoms with Crippen molar-refractivity contribution in [2.45, 2.75) is 0 Å². The van der Waals surface area contributed by atoms with Crippen LogP contribution in [0.1, 0.15) is 0 Å². The third-order valence-corrected chi connectivity index (χ3v) is 12.0. The van der Waals surface area contributed by atoms with E-state index in [1.54, 1.807) is 0 Å². The fourth-order valence-electron chi connectivity index (χ4n) is 7.95. The van der Waals surface area contributed by atoms with Crippen molar-refractivity contribution in [1.29, 1.82) is 0 Å². The van der Waals surface area contributed by atoms with Gasteiger partial charge in [0.25, 0.3) is 0 Å². The van der Waals surface area contributed by atoms with Gasteiger partial charge in [0.15, 0.2) is 0 Å². The van der Waals surface area contributed by atoms with Gasteiger partial charge in [-0.25, -0.2) is 0 Å². The van der Waals surface area contributed by atoms with Gasteiger partial charge >= 0.3 is 0 Å². The van der Waals surface area contributed by atoms with Crippen molar-refractivity contribution >= 4 is 107 Å². The summed E-state index contributed by atoms with van der Waals surface area (Å²) in [5.74, 6) is 0. The zero-order chi connectivity index (χ0) is 30.6. The number of thiophene rings is 2. The third-order valence-electron chi connectivity index (χ3n) is 9.93. The van der Waals surface area contributed by atoms with E-state index in [1.807, 2.05) is 28.7 Å². The molecule has 0 saturated heterocycles. The zero-order valence-corrected chi connectivity index (χ0v) is 26.7. The van der Waals surface area contributed by atoms with E-state index in [1.165, 1.54) is 84.8 Å². The molecule has 3 aromatic heterocycles. The Bertz CT molecular complexity index is 3020. The average Bonchev–Trinajstić information content (AvgIpc) is 3.84. The number of benzene rings is 8. The molecule has 1 nitrogen and oxygen atoms in total. The molecule has 11 rings (SSSR count). The van der Waals surface area contributed by atoms with Gasteiger partial charge in [0.05, 0.1) is 0 Å². The quantitative estimate of drug-likeness (QED) is 0.173. The number of fused-ring (bicyclic) bond motifs is 11. The van der Waals surface area contributed by atoms with Gasteiger partial charge in [0.2, 0.25) is 0 Å². The van der Waals surface area contributed by atoms with E-state index < -0.39 is 0 Å². The van der Waals surface area contributed by atoms with Crippen molar-refractivity contribution in [2.24, 2.45) is 0 Å². The molecule has 0 spiro atoms. The highest BCUT2D eigenvalue weighted by Crippen LogP contribution is 2.51. The molecule has 3 heterocycles. The summed E-state index contributed by atoms with van der Waals surface area (Å²) < 4.78 is 10.3. The maximum absolute atomic E-state index is 6.29. The predicted octanol–water partition coefficient (Wildman–Crippen LogP) is 14.0. The van der Waals surface area contributed by atoms with Crippen LogP contribution in [0, 0.1) is 0 Å². The van der Waals surface area contributed by atoms with Crippen LogP contribution in [0.15, 0.2) is 149 Å². The molecule has 47 heavy (non-hydrogen) atoms. The lowest BCUT2D eigenvalue weighted by molar-refractivity contribution is 0.669. The minimum Gasteiger partial charge on any atom is -0.456 e. The summed E-state index contributed by atoms with van der Waals surface area (Å²) in [5.41, 5.74) is 7.01. The Morgan fingerprint density at radius 3 is 1.81 bits per heavy atom. The molecule has 3 heteroatoms. The molecule has 0 saturated carbocycles. The number of furan rings is 1. The van der Waals surface area contributed by atoms with Crippen molar-refractivity contribution < 1.29 is 4.42 Å². The Kier molecular flexibility index (Phi) is 5.20. The molecular weight excluding hydrogens is 609 g/mol. The molecule has 0 atom stereocenters. The van der Waals surface area contributed by atoms with Gasteiger partial charge < -0.3 is 4.42 Å². The first-order valence-electron chi connectivity index (χ1n) is 15.9. The van der Waals surface area contributed by atoms with Gasteiger partial charge in [-0.15, -0.1) is 22.7 Å². The van der Waals surface area contributed by atoms with Crippen LogP contribution in [0.3, 0.4) is 0 Å². The monoisotopic (exact) mass is 632 g/mol. The van der Waals surface area contributed by atoms with Crippen LogP contribution in [0.4, 0.5) is 0 Å². The molecule has 0 aliphatic carbocycles. The van der Waals surface area contributed by atoms with Crippen molar-refractivity contribution in [3.63, 3.8) is 0 Å². The molecule has 8 aromatic carbocycles. The molecule has 0 radical (unpaired) electrons. The molecule has 218 valence electrons. The van der Waals surface area contributed by atoms with E-state index in [9.17, 15) is 0 Å². The number of rotatable bonds is 2. The number of para-hydroxylation sites is 1. The molecule has 0 aliphatic heterocycles. The summed E-state index contributed by atoms with van der Waals surface area (Å²) in [6.45, 7) is 0. The van der Waals surface area contributed by atoms with Crippen LogP contribution in [-0.4, -0.2) is 0 Å². The van der Waals surface area contributed by atoms with E-state index in [4.69, 9.17) is 4.42 Å². The Balaban J connectivity index is 1.30. The first kappa shape index (κ1) is 25.7. The molecular formula is C44H24OS2. The molecule has 0 bridgehead atoms. The summed E-state index contributed by atoms with van der Waals surface area (Å²) in [4.78, 5) is 0. The van der Waals surface area contributed by atoms with Crippen molar-refractivity contribution in [3.05, 3.63) is 145 Å². The SMILES string of the molecule is c1cc(-c2c3ccccc3c(-c3cc4sccc4c4c3sc3ccccc34)c3ccccc23)c2cc3c(cc2c1)oc1ccccc13.